The van der Waals surface area contributed by atoms with E-state index in [1.165, 1.54) is 0 Å². The number of ether oxygens (including phenoxy) is 1. The number of aromatic nitrogens is 2. The van der Waals surface area contributed by atoms with Gasteiger partial charge in [0.15, 0.2) is 0 Å². The van der Waals surface area contributed by atoms with Crippen molar-refractivity contribution < 1.29 is 4.74 Å². The van der Waals surface area contributed by atoms with E-state index >= 15 is 0 Å². The van der Waals surface area contributed by atoms with E-state index in [4.69, 9.17) is 10.5 Å². The Bertz CT molecular complexity index is 540. The van der Waals surface area contributed by atoms with Gasteiger partial charge in [0.2, 0.25) is 0 Å². The average Bonchev–Trinajstić information content (AvgIpc) is 2.92. The summed E-state index contributed by atoms with van der Waals surface area (Å²) >= 11 is 0. The van der Waals surface area contributed by atoms with Gasteiger partial charge in [0.1, 0.15) is 5.75 Å². The molecule has 0 unspecified atom stereocenters. The van der Waals surface area contributed by atoms with Crippen molar-refractivity contribution >= 4 is 12.4 Å². The SMILES string of the molecule is CC(C)COc1cccc(-c2cnn(CCCN)c2)c1.Cl. The summed E-state index contributed by atoms with van der Waals surface area (Å²) in [6.45, 7) is 6.57. The number of hydrogen-bond acceptors (Lipinski definition) is 3. The Morgan fingerprint density at radius 2 is 2.10 bits per heavy atom. The standard InChI is InChI=1S/C16H23N3O.ClH/c1-13(2)12-20-16-6-3-5-14(9-16)15-10-18-19(11-15)8-4-7-17;/h3,5-6,9-11,13H,4,7-8,12,17H2,1-2H3;1H. The molecule has 0 amide bonds. The van der Waals surface area contributed by atoms with Crippen LogP contribution in [0.3, 0.4) is 0 Å². The fourth-order valence-electron chi connectivity index (χ4n) is 1.92. The van der Waals surface area contributed by atoms with Gasteiger partial charge >= 0.3 is 0 Å². The quantitative estimate of drug-likeness (QED) is 0.853. The Labute approximate surface area is 132 Å². The minimum absolute atomic E-state index is 0. The zero-order chi connectivity index (χ0) is 14.4. The van der Waals surface area contributed by atoms with Crippen molar-refractivity contribution in [3.05, 3.63) is 36.7 Å². The molecule has 5 heteroatoms. The Kier molecular flexibility index (Phi) is 7.26. The first-order valence-electron chi connectivity index (χ1n) is 7.15. The smallest absolute Gasteiger partial charge is 0.119 e. The van der Waals surface area contributed by atoms with Crippen LogP contribution in [0.1, 0.15) is 20.3 Å². The van der Waals surface area contributed by atoms with Crippen LogP contribution < -0.4 is 10.5 Å². The summed E-state index contributed by atoms with van der Waals surface area (Å²) in [7, 11) is 0. The van der Waals surface area contributed by atoms with Gasteiger partial charge in [0.05, 0.1) is 12.8 Å². The highest BCUT2D eigenvalue weighted by atomic mass is 35.5. The molecule has 0 atom stereocenters. The van der Waals surface area contributed by atoms with Gasteiger partial charge in [-0.3, -0.25) is 4.68 Å². The molecule has 1 aromatic carbocycles. The monoisotopic (exact) mass is 309 g/mol. The van der Waals surface area contributed by atoms with E-state index in [1.54, 1.807) is 0 Å². The maximum atomic E-state index is 5.76. The predicted octanol–water partition coefficient (Wildman–Crippen LogP) is 3.36. The summed E-state index contributed by atoms with van der Waals surface area (Å²) in [6, 6.07) is 8.14. The molecule has 2 aromatic rings. The third kappa shape index (κ3) is 5.40. The van der Waals surface area contributed by atoms with E-state index in [0.717, 1.165) is 36.4 Å². The van der Waals surface area contributed by atoms with E-state index in [2.05, 4.69) is 37.3 Å². The first-order valence-corrected chi connectivity index (χ1v) is 7.15. The van der Waals surface area contributed by atoms with E-state index in [9.17, 15) is 0 Å². The van der Waals surface area contributed by atoms with Crippen LogP contribution in [-0.2, 0) is 6.54 Å². The molecule has 116 valence electrons. The molecular weight excluding hydrogens is 286 g/mol. The predicted molar refractivity (Wildman–Crippen MR) is 88.9 cm³/mol. The zero-order valence-electron chi connectivity index (χ0n) is 12.7. The van der Waals surface area contributed by atoms with Crippen LogP contribution in [-0.4, -0.2) is 22.9 Å². The summed E-state index contributed by atoms with van der Waals surface area (Å²) < 4.78 is 7.69. The van der Waals surface area contributed by atoms with E-state index in [-0.39, 0.29) is 12.4 Å². The van der Waals surface area contributed by atoms with Crippen molar-refractivity contribution in [2.45, 2.75) is 26.8 Å². The lowest BCUT2D eigenvalue weighted by Gasteiger charge is -2.09. The van der Waals surface area contributed by atoms with Gasteiger partial charge in [-0.1, -0.05) is 26.0 Å². The molecule has 21 heavy (non-hydrogen) atoms. The summed E-state index contributed by atoms with van der Waals surface area (Å²) in [5.74, 6) is 1.43. The minimum Gasteiger partial charge on any atom is -0.493 e. The van der Waals surface area contributed by atoms with Crippen LogP contribution in [0.4, 0.5) is 0 Å². The first kappa shape index (κ1) is 17.5. The molecule has 0 aliphatic rings. The molecule has 0 saturated carbocycles. The summed E-state index contributed by atoms with van der Waals surface area (Å²) in [5, 5.41) is 4.35. The number of nitrogens with zero attached hydrogens (tertiary/aromatic N) is 2. The Hall–Kier alpha value is -1.52. The minimum atomic E-state index is 0. The van der Waals surface area contributed by atoms with Crippen LogP contribution >= 0.6 is 12.4 Å². The lowest BCUT2D eigenvalue weighted by Crippen LogP contribution is -2.05. The highest BCUT2D eigenvalue weighted by Crippen LogP contribution is 2.23. The van der Waals surface area contributed by atoms with Crippen molar-refractivity contribution in [1.29, 1.82) is 0 Å². The molecule has 0 fully saturated rings. The van der Waals surface area contributed by atoms with Gasteiger partial charge in [0, 0.05) is 18.3 Å². The van der Waals surface area contributed by atoms with E-state index < -0.39 is 0 Å². The van der Waals surface area contributed by atoms with Gasteiger partial charge in [-0.05, 0) is 36.6 Å². The lowest BCUT2D eigenvalue weighted by molar-refractivity contribution is 0.271. The van der Waals surface area contributed by atoms with Crippen molar-refractivity contribution in [3.8, 4) is 16.9 Å². The Morgan fingerprint density at radius 3 is 2.81 bits per heavy atom. The van der Waals surface area contributed by atoms with Crippen LogP contribution in [0, 0.1) is 5.92 Å². The maximum Gasteiger partial charge on any atom is 0.119 e. The van der Waals surface area contributed by atoms with Crippen LogP contribution in [0.5, 0.6) is 5.75 Å². The molecule has 0 radical (unpaired) electrons. The molecule has 0 spiro atoms. The molecule has 0 aliphatic heterocycles. The topological polar surface area (TPSA) is 53.1 Å². The fraction of sp³-hybridized carbons (Fsp3) is 0.438. The van der Waals surface area contributed by atoms with Crippen molar-refractivity contribution in [2.75, 3.05) is 13.2 Å². The summed E-state index contributed by atoms with van der Waals surface area (Å²) in [5.41, 5.74) is 7.75. The average molecular weight is 310 g/mol. The number of benzene rings is 1. The number of hydrogen-bond donors (Lipinski definition) is 1. The first-order chi connectivity index (χ1) is 9.69. The van der Waals surface area contributed by atoms with E-state index in [0.29, 0.717) is 12.5 Å². The second-order valence-corrected chi connectivity index (χ2v) is 5.37. The van der Waals surface area contributed by atoms with Gasteiger partial charge in [-0.2, -0.15) is 5.10 Å². The molecule has 2 rings (SSSR count). The van der Waals surface area contributed by atoms with Gasteiger partial charge in [-0.25, -0.2) is 0 Å². The van der Waals surface area contributed by atoms with Crippen molar-refractivity contribution in [1.82, 2.24) is 9.78 Å². The van der Waals surface area contributed by atoms with Crippen LogP contribution in [0.2, 0.25) is 0 Å². The molecule has 2 N–H and O–H groups in total. The molecular formula is C16H24ClN3O. The summed E-state index contributed by atoms with van der Waals surface area (Å²) in [4.78, 5) is 0. The number of halogens is 1. The van der Waals surface area contributed by atoms with Crippen LogP contribution in [0.25, 0.3) is 11.1 Å². The number of aryl methyl sites for hydroxylation is 1. The van der Waals surface area contributed by atoms with Gasteiger partial charge < -0.3 is 10.5 Å². The second-order valence-electron chi connectivity index (χ2n) is 5.37. The zero-order valence-corrected chi connectivity index (χ0v) is 13.5. The molecule has 1 heterocycles. The highest BCUT2D eigenvalue weighted by molar-refractivity contribution is 5.85. The van der Waals surface area contributed by atoms with Crippen molar-refractivity contribution in [2.24, 2.45) is 11.7 Å². The number of nitrogens with two attached hydrogens (primary N) is 1. The summed E-state index contributed by atoms with van der Waals surface area (Å²) in [6.07, 6.45) is 4.88. The Morgan fingerprint density at radius 1 is 1.29 bits per heavy atom. The highest BCUT2D eigenvalue weighted by Gasteiger charge is 2.04. The molecule has 0 bridgehead atoms. The largest absolute Gasteiger partial charge is 0.493 e. The second kappa shape index (κ2) is 8.70. The maximum absolute atomic E-state index is 5.76. The van der Waals surface area contributed by atoms with Crippen LogP contribution in [0.15, 0.2) is 36.7 Å². The molecule has 0 aliphatic carbocycles. The normalized spacial score (nSPS) is 10.5. The Balaban J connectivity index is 0.00000220. The van der Waals surface area contributed by atoms with Crippen molar-refractivity contribution in [3.63, 3.8) is 0 Å². The van der Waals surface area contributed by atoms with Gasteiger partial charge in [-0.15, -0.1) is 12.4 Å². The number of rotatable bonds is 7. The third-order valence-electron chi connectivity index (χ3n) is 2.98. The third-order valence-corrected chi connectivity index (χ3v) is 2.98. The van der Waals surface area contributed by atoms with Gasteiger partial charge in [0.25, 0.3) is 0 Å². The molecule has 1 aromatic heterocycles. The fourth-order valence-corrected chi connectivity index (χ4v) is 1.92. The molecule has 0 saturated heterocycles. The van der Waals surface area contributed by atoms with E-state index in [1.807, 2.05) is 23.0 Å². The lowest BCUT2D eigenvalue weighted by atomic mass is 10.1. The molecule has 4 nitrogen and oxygen atoms in total.